The summed E-state index contributed by atoms with van der Waals surface area (Å²) in [6.45, 7) is 2.54. The Morgan fingerprint density at radius 1 is 1.09 bits per heavy atom. The zero-order valence-corrected chi connectivity index (χ0v) is 12.7. The number of nitrogens with one attached hydrogen (secondary N) is 2. The van der Waals surface area contributed by atoms with Gasteiger partial charge in [-0.15, -0.1) is 0 Å². The number of aliphatic carboxylic acids is 1. The van der Waals surface area contributed by atoms with Gasteiger partial charge in [0, 0.05) is 19.4 Å². The van der Waals surface area contributed by atoms with E-state index in [1.54, 1.807) is 24.3 Å². The molecule has 1 aromatic carbocycles. The fourth-order valence-electron chi connectivity index (χ4n) is 1.96. The van der Waals surface area contributed by atoms with E-state index in [9.17, 15) is 14.4 Å². The summed E-state index contributed by atoms with van der Waals surface area (Å²) in [5, 5.41) is 14.3. The van der Waals surface area contributed by atoms with Crippen LogP contribution in [0.5, 0.6) is 0 Å². The Bertz CT molecular complexity index is 502. The number of rotatable bonds is 9. The maximum atomic E-state index is 11.9. The third-order valence-electron chi connectivity index (χ3n) is 3.07. The number of carbonyl (C=O) groups is 3. The van der Waals surface area contributed by atoms with Gasteiger partial charge >= 0.3 is 5.97 Å². The zero-order chi connectivity index (χ0) is 16.4. The van der Waals surface area contributed by atoms with E-state index < -0.39 is 12.0 Å². The van der Waals surface area contributed by atoms with Gasteiger partial charge in [-0.25, -0.2) is 0 Å². The van der Waals surface area contributed by atoms with Gasteiger partial charge in [0.25, 0.3) is 0 Å². The predicted octanol–water partition coefficient (Wildman–Crippen LogP) is 1.62. The average molecular weight is 306 g/mol. The van der Waals surface area contributed by atoms with Crippen molar-refractivity contribution in [3.05, 3.63) is 35.9 Å². The van der Waals surface area contributed by atoms with Crippen molar-refractivity contribution in [1.29, 1.82) is 0 Å². The summed E-state index contributed by atoms with van der Waals surface area (Å²) in [7, 11) is 0. The first-order valence-corrected chi connectivity index (χ1v) is 7.35. The van der Waals surface area contributed by atoms with Crippen LogP contribution in [0.3, 0.4) is 0 Å². The lowest BCUT2D eigenvalue weighted by atomic mass is 10.0. The van der Waals surface area contributed by atoms with E-state index in [1.165, 1.54) is 0 Å². The minimum Gasteiger partial charge on any atom is -0.481 e. The molecule has 0 aliphatic rings. The smallest absolute Gasteiger partial charge is 0.305 e. The molecule has 1 atom stereocenters. The van der Waals surface area contributed by atoms with Crippen molar-refractivity contribution >= 4 is 17.8 Å². The fraction of sp³-hybridized carbons (Fsp3) is 0.438. The molecule has 0 aliphatic carbocycles. The zero-order valence-electron chi connectivity index (χ0n) is 12.7. The summed E-state index contributed by atoms with van der Waals surface area (Å²) < 4.78 is 0. The number of amides is 2. The van der Waals surface area contributed by atoms with Gasteiger partial charge in [-0.3, -0.25) is 14.4 Å². The lowest BCUT2D eigenvalue weighted by Gasteiger charge is -2.17. The van der Waals surface area contributed by atoms with E-state index in [0.29, 0.717) is 6.54 Å². The quantitative estimate of drug-likeness (QED) is 0.646. The van der Waals surface area contributed by atoms with Gasteiger partial charge < -0.3 is 15.7 Å². The number of hydrogen-bond acceptors (Lipinski definition) is 3. The first-order valence-electron chi connectivity index (χ1n) is 7.35. The van der Waals surface area contributed by atoms with E-state index in [-0.39, 0.29) is 31.1 Å². The Labute approximate surface area is 129 Å². The molecule has 0 saturated heterocycles. The molecule has 22 heavy (non-hydrogen) atoms. The van der Waals surface area contributed by atoms with E-state index in [0.717, 1.165) is 12.0 Å². The minimum absolute atomic E-state index is 0.0402. The SMILES string of the molecule is CCCNC(=O)CCC(=O)NC(CC(=O)O)c1ccccc1. The van der Waals surface area contributed by atoms with Crippen LogP contribution in [-0.2, 0) is 14.4 Å². The Hall–Kier alpha value is -2.37. The van der Waals surface area contributed by atoms with Gasteiger partial charge in [-0.2, -0.15) is 0 Å². The molecule has 0 bridgehead atoms. The molecule has 0 fully saturated rings. The molecule has 1 aromatic rings. The standard InChI is InChI=1S/C16H22N2O4/c1-2-10-17-14(19)8-9-15(20)18-13(11-16(21)22)12-6-4-3-5-7-12/h3-7,13H,2,8-11H2,1H3,(H,17,19)(H,18,20)(H,21,22). The lowest BCUT2D eigenvalue weighted by molar-refractivity contribution is -0.138. The van der Waals surface area contributed by atoms with Gasteiger partial charge in [0.1, 0.15) is 0 Å². The molecule has 0 spiro atoms. The molecule has 1 rings (SSSR count). The molecule has 2 amide bonds. The molecule has 0 saturated carbocycles. The summed E-state index contributed by atoms with van der Waals surface area (Å²) in [5.74, 6) is -1.50. The van der Waals surface area contributed by atoms with Crippen LogP contribution in [0.15, 0.2) is 30.3 Å². The molecule has 6 nitrogen and oxygen atoms in total. The van der Waals surface area contributed by atoms with Crippen LogP contribution in [-0.4, -0.2) is 29.4 Å². The lowest BCUT2D eigenvalue weighted by Crippen LogP contribution is -2.32. The maximum Gasteiger partial charge on any atom is 0.305 e. The fourth-order valence-corrected chi connectivity index (χ4v) is 1.96. The van der Waals surface area contributed by atoms with E-state index in [1.807, 2.05) is 13.0 Å². The van der Waals surface area contributed by atoms with Crippen LogP contribution >= 0.6 is 0 Å². The van der Waals surface area contributed by atoms with Gasteiger partial charge in [-0.1, -0.05) is 37.3 Å². The Morgan fingerprint density at radius 3 is 2.32 bits per heavy atom. The van der Waals surface area contributed by atoms with E-state index in [4.69, 9.17) is 5.11 Å². The average Bonchev–Trinajstić information content (AvgIpc) is 2.50. The molecule has 6 heteroatoms. The normalized spacial score (nSPS) is 11.5. The second kappa shape index (κ2) is 9.55. The van der Waals surface area contributed by atoms with Crippen molar-refractivity contribution in [2.75, 3.05) is 6.54 Å². The van der Waals surface area contributed by atoms with Crippen molar-refractivity contribution in [2.45, 2.75) is 38.6 Å². The van der Waals surface area contributed by atoms with Crippen molar-refractivity contribution in [2.24, 2.45) is 0 Å². The maximum absolute atomic E-state index is 11.9. The second-order valence-corrected chi connectivity index (χ2v) is 4.98. The van der Waals surface area contributed by atoms with Crippen LogP contribution in [0.1, 0.15) is 44.2 Å². The third kappa shape index (κ3) is 6.88. The topological polar surface area (TPSA) is 95.5 Å². The summed E-state index contributed by atoms with van der Waals surface area (Å²) in [5.41, 5.74) is 0.730. The van der Waals surface area contributed by atoms with Crippen LogP contribution in [0.2, 0.25) is 0 Å². The summed E-state index contributed by atoms with van der Waals surface area (Å²) in [6, 6.07) is 8.33. The summed E-state index contributed by atoms with van der Waals surface area (Å²) in [6.07, 6.45) is 0.781. The molecule has 3 N–H and O–H groups in total. The highest BCUT2D eigenvalue weighted by atomic mass is 16.4. The van der Waals surface area contributed by atoms with Crippen LogP contribution in [0.25, 0.3) is 0 Å². The third-order valence-corrected chi connectivity index (χ3v) is 3.07. The number of carboxylic acid groups (broad SMARTS) is 1. The molecule has 120 valence electrons. The number of carbonyl (C=O) groups excluding carboxylic acids is 2. The first-order chi connectivity index (χ1) is 10.5. The molecule has 0 aliphatic heterocycles. The predicted molar refractivity (Wildman–Crippen MR) is 82.1 cm³/mol. The van der Waals surface area contributed by atoms with Gasteiger partial charge in [0.15, 0.2) is 0 Å². The number of hydrogen-bond donors (Lipinski definition) is 3. The monoisotopic (exact) mass is 306 g/mol. The van der Waals surface area contributed by atoms with Gasteiger partial charge in [-0.05, 0) is 12.0 Å². The van der Waals surface area contributed by atoms with Crippen LogP contribution in [0.4, 0.5) is 0 Å². The Morgan fingerprint density at radius 2 is 1.73 bits per heavy atom. The van der Waals surface area contributed by atoms with E-state index in [2.05, 4.69) is 10.6 Å². The van der Waals surface area contributed by atoms with Crippen molar-refractivity contribution in [3.63, 3.8) is 0 Å². The second-order valence-electron chi connectivity index (χ2n) is 4.98. The van der Waals surface area contributed by atoms with Gasteiger partial charge in [0.05, 0.1) is 12.5 Å². The van der Waals surface area contributed by atoms with Crippen molar-refractivity contribution < 1.29 is 19.5 Å². The molecule has 0 aromatic heterocycles. The molecule has 1 unspecified atom stereocenters. The Balaban J connectivity index is 2.53. The van der Waals surface area contributed by atoms with Gasteiger partial charge in [0.2, 0.25) is 11.8 Å². The molecular formula is C16H22N2O4. The first kappa shape index (κ1) is 17.7. The van der Waals surface area contributed by atoms with E-state index >= 15 is 0 Å². The van der Waals surface area contributed by atoms with Crippen LogP contribution < -0.4 is 10.6 Å². The highest BCUT2D eigenvalue weighted by molar-refractivity contribution is 5.84. The highest BCUT2D eigenvalue weighted by Gasteiger charge is 2.18. The summed E-state index contributed by atoms with van der Waals surface area (Å²) >= 11 is 0. The molecule has 0 heterocycles. The highest BCUT2D eigenvalue weighted by Crippen LogP contribution is 2.16. The van der Waals surface area contributed by atoms with Crippen LogP contribution in [0, 0.1) is 0 Å². The largest absolute Gasteiger partial charge is 0.481 e. The minimum atomic E-state index is -0.991. The van der Waals surface area contributed by atoms with Crippen molar-refractivity contribution in [1.82, 2.24) is 10.6 Å². The Kier molecular flexibility index (Phi) is 7.67. The number of carboxylic acids is 1. The molecule has 0 radical (unpaired) electrons. The molecular weight excluding hydrogens is 284 g/mol. The summed E-state index contributed by atoms with van der Waals surface area (Å²) in [4.78, 5) is 34.3. The van der Waals surface area contributed by atoms with Crippen molar-refractivity contribution in [3.8, 4) is 0 Å². The number of benzene rings is 1.